The summed E-state index contributed by atoms with van der Waals surface area (Å²) in [7, 11) is 0. The molecule has 5 nitrogen and oxygen atoms in total. The fraction of sp³-hybridized carbons (Fsp3) is 0.316. The predicted molar refractivity (Wildman–Crippen MR) is 96.8 cm³/mol. The van der Waals surface area contributed by atoms with Gasteiger partial charge in [-0.2, -0.15) is 5.10 Å². The summed E-state index contributed by atoms with van der Waals surface area (Å²) < 4.78 is 1.83. The highest BCUT2D eigenvalue weighted by Gasteiger charge is 2.21. The van der Waals surface area contributed by atoms with Crippen LogP contribution in [0.3, 0.4) is 0 Å². The van der Waals surface area contributed by atoms with Crippen molar-refractivity contribution in [1.82, 2.24) is 19.9 Å². The normalized spacial score (nSPS) is 16.6. The molecule has 0 aliphatic heterocycles. The summed E-state index contributed by atoms with van der Waals surface area (Å²) in [6, 6.07) is 7.45. The molecule has 1 atom stereocenters. The second-order valence-electron chi connectivity index (χ2n) is 6.68. The molecule has 0 bridgehead atoms. The lowest BCUT2D eigenvalue weighted by Crippen LogP contribution is -2.23. The number of nitrogens with one attached hydrogen (secondary N) is 1. The molecular formula is C19H19ClN4O. The first-order valence-electron chi connectivity index (χ1n) is 8.49. The van der Waals surface area contributed by atoms with Crippen LogP contribution in [0.5, 0.6) is 0 Å². The van der Waals surface area contributed by atoms with Crippen molar-refractivity contribution in [3.63, 3.8) is 0 Å². The standard InChI is InChI=1S/C19H19ClN4O/c1-12-5-6-17-14(7-12)10-21-18-16(11-23-24(17)18)19(25)22-9-13-3-2-4-15(20)8-13/h2-4,8,10-12H,5-7,9H2,1H3,(H,22,25)/t12-/m0/s1. The van der Waals surface area contributed by atoms with Gasteiger partial charge in [-0.3, -0.25) is 4.79 Å². The van der Waals surface area contributed by atoms with Crippen LogP contribution in [0.2, 0.25) is 5.02 Å². The van der Waals surface area contributed by atoms with Gasteiger partial charge in [-0.05, 0) is 48.4 Å². The summed E-state index contributed by atoms with van der Waals surface area (Å²) >= 11 is 5.98. The molecular weight excluding hydrogens is 336 g/mol. The Bertz CT molecular complexity index is 950. The Morgan fingerprint density at radius 1 is 1.40 bits per heavy atom. The van der Waals surface area contributed by atoms with Crippen LogP contribution in [0.1, 0.15) is 40.5 Å². The molecule has 0 unspecified atom stereocenters. The maximum atomic E-state index is 12.6. The van der Waals surface area contributed by atoms with Crippen molar-refractivity contribution in [3.8, 4) is 0 Å². The molecule has 2 aromatic heterocycles. The molecule has 1 N–H and O–H groups in total. The minimum Gasteiger partial charge on any atom is -0.348 e. The zero-order chi connectivity index (χ0) is 17.4. The maximum absolute atomic E-state index is 12.6. The van der Waals surface area contributed by atoms with Crippen LogP contribution in [-0.2, 0) is 19.4 Å². The van der Waals surface area contributed by atoms with Gasteiger partial charge < -0.3 is 5.32 Å². The molecule has 128 valence electrons. The molecule has 1 aromatic carbocycles. The van der Waals surface area contributed by atoms with Crippen LogP contribution in [0, 0.1) is 5.92 Å². The maximum Gasteiger partial charge on any atom is 0.257 e. The smallest absolute Gasteiger partial charge is 0.257 e. The molecule has 2 heterocycles. The van der Waals surface area contributed by atoms with Gasteiger partial charge in [0.2, 0.25) is 0 Å². The lowest BCUT2D eigenvalue weighted by molar-refractivity contribution is 0.0952. The van der Waals surface area contributed by atoms with Gasteiger partial charge in [-0.25, -0.2) is 9.50 Å². The van der Waals surface area contributed by atoms with E-state index in [9.17, 15) is 4.79 Å². The molecule has 1 aliphatic carbocycles. The Kier molecular flexibility index (Phi) is 4.17. The average Bonchev–Trinajstić information content (AvgIpc) is 3.04. The number of rotatable bonds is 3. The SMILES string of the molecule is C[C@H]1CCc2c(cnc3c(C(=O)NCc4cccc(Cl)c4)cnn23)C1. The van der Waals surface area contributed by atoms with Gasteiger partial charge in [0.25, 0.3) is 5.91 Å². The highest BCUT2D eigenvalue weighted by molar-refractivity contribution is 6.30. The third-order valence-corrected chi connectivity index (χ3v) is 4.98. The van der Waals surface area contributed by atoms with E-state index in [1.807, 2.05) is 35.0 Å². The first-order chi connectivity index (χ1) is 12.1. The van der Waals surface area contributed by atoms with Crippen LogP contribution in [0.4, 0.5) is 0 Å². The monoisotopic (exact) mass is 354 g/mol. The van der Waals surface area contributed by atoms with E-state index in [2.05, 4.69) is 22.3 Å². The van der Waals surface area contributed by atoms with Crippen molar-refractivity contribution < 1.29 is 4.79 Å². The Labute approximate surface area is 151 Å². The summed E-state index contributed by atoms with van der Waals surface area (Å²) in [5.41, 5.74) is 4.49. The highest BCUT2D eigenvalue weighted by atomic mass is 35.5. The molecule has 6 heteroatoms. The van der Waals surface area contributed by atoms with E-state index in [4.69, 9.17) is 11.6 Å². The summed E-state index contributed by atoms with van der Waals surface area (Å²) in [6.45, 7) is 2.67. The fourth-order valence-electron chi connectivity index (χ4n) is 3.40. The number of aromatic nitrogens is 3. The number of hydrogen-bond donors (Lipinski definition) is 1. The largest absolute Gasteiger partial charge is 0.348 e. The molecule has 25 heavy (non-hydrogen) atoms. The summed E-state index contributed by atoms with van der Waals surface area (Å²) in [4.78, 5) is 17.1. The molecule has 0 radical (unpaired) electrons. The minimum atomic E-state index is -0.174. The number of benzene rings is 1. The van der Waals surface area contributed by atoms with Crippen LogP contribution in [-0.4, -0.2) is 20.5 Å². The van der Waals surface area contributed by atoms with Gasteiger partial charge in [-0.1, -0.05) is 30.7 Å². The number of nitrogens with zero attached hydrogens (tertiary/aromatic N) is 3. The third kappa shape index (κ3) is 3.12. The number of amides is 1. The van der Waals surface area contributed by atoms with Crippen LogP contribution in [0.25, 0.3) is 5.65 Å². The lowest BCUT2D eigenvalue weighted by Gasteiger charge is -2.21. The highest BCUT2D eigenvalue weighted by Crippen LogP contribution is 2.25. The number of carbonyl (C=O) groups excluding carboxylic acids is 1. The first kappa shape index (κ1) is 16.1. The molecule has 0 saturated carbocycles. The van der Waals surface area contributed by atoms with E-state index in [-0.39, 0.29) is 5.91 Å². The number of fused-ring (bicyclic) bond motifs is 3. The average molecular weight is 355 g/mol. The Hall–Kier alpha value is -2.40. The molecule has 1 aliphatic rings. The van der Waals surface area contributed by atoms with E-state index in [0.717, 1.165) is 24.8 Å². The fourth-order valence-corrected chi connectivity index (χ4v) is 3.61. The van der Waals surface area contributed by atoms with Crippen molar-refractivity contribution in [1.29, 1.82) is 0 Å². The van der Waals surface area contributed by atoms with Gasteiger partial charge in [0.1, 0.15) is 5.56 Å². The molecule has 1 amide bonds. The van der Waals surface area contributed by atoms with E-state index in [1.54, 1.807) is 6.20 Å². The van der Waals surface area contributed by atoms with Crippen molar-refractivity contribution in [3.05, 3.63) is 64.1 Å². The number of carbonyl (C=O) groups is 1. The zero-order valence-electron chi connectivity index (χ0n) is 14.0. The lowest BCUT2D eigenvalue weighted by atomic mass is 9.89. The molecule has 0 fully saturated rings. The van der Waals surface area contributed by atoms with E-state index in [1.165, 1.54) is 11.3 Å². The minimum absolute atomic E-state index is 0.174. The number of aryl methyl sites for hydroxylation is 1. The Morgan fingerprint density at radius 2 is 2.28 bits per heavy atom. The van der Waals surface area contributed by atoms with Crippen LogP contribution < -0.4 is 5.32 Å². The zero-order valence-corrected chi connectivity index (χ0v) is 14.8. The van der Waals surface area contributed by atoms with Crippen molar-refractivity contribution in [2.45, 2.75) is 32.7 Å². The number of hydrogen-bond acceptors (Lipinski definition) is 3. The summed E-state index contributed by atoms with van der Waals surface area (Å²) in [5, 5.41) is 7.99. The van der Waals surface area contributed by atoms with Gasteiger partial charge in [0, 0.05) is 23.5 Å². The second kappa shape index (κ2) is 6.48. The summed E-state index contributed by atoms with van der Waals surface area (Å²) in [5.74, 6) is 0.495. The van der Waals surface area contributed by atoms with Gasteiger partial charge in [-0.15, -0.1) is 0 Å². The van der Waals surface area contributed by atoms with E-state index in [0.29, 0.717) is 28.7 Å². The van der Waals surface area contributed by atoms with Crippen LogP contribution in [0.15, 0.2) is 36.7 Å². The van der Waals surface area contributed by atoms with Crippen molar-refractivity contribution in [2.24, 2.45) is 5.92 Å². The third-order valence-electron chi connectivity index (χ3n) is 4.74. The topological polar surface area (TPSA) is 59.3 Å². The molecule has 0 saturated heterocycles. The van der Waals surface area contributed by atoms with Gasteiger partial charge in [0.05, 0.1) is 6.20 Å². The predicted octanol–water partition coefficient (Wildman–Crippen LogP) is 3.44. The van der Waals surface area contributed by atoms with E-state index >= 15 is 0 Å². The van der Waals surface area contributed by atoms with Crippen LogP contribution >= 0.6 is 11.6 Å². The molecule has 0 spiro atoms. The number of halogens is 1. The van der Waals surface area contributed by atoms with Gasteiger partial charge >= 0.3 is 0 Å². The molecule has 4 rings (SSSR count). The summed E-state index contributed by atoms with van der Waals surface area (Å²) in [6.07, 6.45) is 6.64. The van der Waals surface area contributed by atoms with E-state index < -0.39 is 0 Å². The van der Waals surface area contributed by atoms with Gasteiger partial charge in [0.15, 0.2) is 5.65 Å². The Morgan fingerprint density at radius 3 is 3.12 bits per heavy atom. The molecule has 3 aromatic rings. The van der Waals surface area contributed by atoms with Crippen molar-refractivity contribution >= 4 is 23.2 Å². The quantitative estimate of drug-likeness (QED) is 0.783. The first-order valence-corrected chi connectivity index (χ1v) is 8.87. The van der Waals surface area contributed by atoms with Crippen molar-refractivity contribution in [2.75, 3.05) is 0 Å². The second-order valence-corrected chi connectivity index (χ2v) is 7.12. The Balaban J connectivity index is 1.58.